The molecular weight excluding hydrogens is 336 g/mol. The monoisotopic (exact) mass is 352 g/mol. The minimum atomic E-state index is -0.138. The van der Waals surface area contributed by atoms with Gasteiger partial charge in [-0.1, -0.05) is 6.07 Å². The van der Waals surface area contributed by atoms with Gasteiger partial charge in [-0.05, 0) is 47.5 Å². The Hall–Kier alpha value is -2.31. The third-order valence-corrected chi connectivity index (χ3v) is 5.91. The van der Waals surface area contributed by atoms with E-state index in [0.717, 1.165) is 22.9 Å². The molecule has 0 aromatic carbocycles. The van der Waals surface area contributed by atoms with Crippen LogP contribution in [0.4, 0.5) is 5.82 Å². The minimum absolute atomic E-state index is 0.138. The molecule has 120 valence electrons. The van der Waals surface area contributed by atoms with E-state index in [4.69, 9.17) is 4.99 Å². The van der Waals surface area contributed by atoms with Crippen molar-refractivity contribution in [1.82, 2.24) is 4.98 Å². The molecule has 0 amide bonds. The van der Waals surface area contributed by atoms with Crippen LogP contribution >= 0.6 is 22.7 Å². The fourth-order valence-corrected chi connectivity index (χ4v) is 4.47. The van der Waals surface area contributed by atoms with Crippen LogP contribution in [0.3, 0.4) is 0 Å². The molecule has 6 heteroatoms. The molecule has 0 spiro atoms. The van der Waals surface area contributed by atoms with Crippen molar-refractivity contribution >= 4 is 40.0 Å². The lowest BCUT2D eigenvalue weighted by atomic mass is 10.1. The Morgan fingerprint density at radius 2 is 2.04 bits per heavy atom. The van der Waals surface area contributed by atoms with Gasteiger partial charge < -0.3 is 5.32 Å². The summed E-state index contributed by atoms with van der Waals surface area (Å²) in [5.74, 6) is 1.63. The van der Waals surface area contributed by atoms with Gasteiger partial charge in [0.15, 0.2) is 0 Å². The number of anilines is 1. The summed E-state index contributed by atoms with van der Waals surface area (Å²) in [5, 5.41) is 7.58. The van der Waals surface area contributed by atoms with E-state index in [0.29, 0.717) is 0 Å². The van der Waals surface area contributed by atoms with Gasteiger partial charge in [0.2, 0.25) is 0 Å². The molecule has 0 fully saturated rings. The van der Waals surface area contributed by atoms with E-state index >= 15 is 0 Å². The van der Waals surface area contributed by atoms with Gasteiger partial charge in [0.1, 0.15) is 17.7 Å². The van der Waals surface area contributed by atoms with Gasteiger partial charge in [-0.25, -0.2) is 4.98 Å². The van der Waals surface area contributed by atoms with Crippen molar-refractivity contribution < 1.29 is 0 Å². The average molecular weight is 352 g/mol. The van der Waals surface area contributed by atoms with E-state index in [1.54, 1.807) is 35.9 Å². The zero-order chi connectivity index (χ0) is 16.5. The number of aromatic nitrogens is 1. The Bertz CT molecular complexity index is 922. The molecule has 24 heavy (non-hydrogen) atoms. The lowest BCUT2D eigenvalue weighted by molar-refractivity contribution is 0.982. The molecule has 1 aliphatic rings. The van der Waals surface area contributed by atoms with Crippen molar-refractivity contribution in [3.8, 4) is 0 Å². The second-order valence-electron chi connectivity index (χ2n) is 5.46. The van der Waals surface area contributed by atoms with Crippen LogP contribution in [-0.4, -0.2) is 23.6 Å². The van der Waals surface area contributed by atoms with Gasteiger partial charge in [0.05, 0.1) is 10.6 Å². The van der Waals surface area contributed by atoms with Crippen molar-refractivity contribution in [2.75, 3.05) is 12.4 Å². The SMILES string of the molecule is CN=C1Nc2ncccc2C(c2sccc2C)=NC1c1cccs1. The maximum absolute atomic E-state index is 5.12. The Morgan fingerprint density at radius 3 is 2.75 bits per heavy atom. The lowest BCUT2D eigenvalue weighted by Gasteiger charge is -2.13. The zero-order valence-corrected chi connectivity index (χ0v) is 15.0. The molecule has 0 saturated carbocycles. The molecule has 4 rings (SSSR count). The molecule has 1 atom stereocenters. The normalized spacial score (nSPS) is 18.7. The first kappa shape index (κ1) is 15.2. The van der Waals surface area contributed by atoms with Gasteiger partial charge in [0, 0.05) is 23.7 Å². The largest absolute Gasteiger partial charge is 0.326 e. The van der Waals surface area contributed by atoms with Crippen molar-refractivity contribution in [1.29, 1.82) is 0 Å². The number of aryl methyl sites for hydroxylation is 1. The summed E-state index contributed by atoms with van der Waals surface area (Å²) in [5.41, 5.74) is 3.23. The molecule has 0 aliphatic carbocycles. The van der Waals surface area contributed by atoms with Crippen LogP contribution < -0.4 is 5.32 Å². The molecule has 3 aromatic rings. The molecule has 4 nitrogen and oxygen atoms in total. The maximum atomic E-state index is 5.12. The Labute approximate surface area is 148 Å². The molecule has 0 radical (unpaired) electrons. The van der Waals surface area contributed by atoms with Crippen LogP contribution in [0.15, 0.2) is 57.3 Å². The predicted molar refractivity (Wildman–Crippen MR) is 103 cm³/mol. The van der Waals surface area contributed by atoms with E-state index in [1.165, 1.54) is 15.3 Å². The first-order chi connectivity index (χ1) is 11.8. The summed E-state index contributed by atoms with van der Waals surface area (Å²) >= 11 is 3.41. The fraction of sp³-hybridized carbons (Fsp3) is 0.167. The molecule has 0 bridgehead atoms. The number of fused-ring (bicyclic) bond motifs is 1. The van der Waals surface area contributed by atoms with Crippen LogP contribution in [0.5, 0.6) is 0 Å². The molecular formula is C18H16N4S2. The van der Waals surface area contributed by atoms with E-state index in [2.05, 4.69) is 57.2 Å². The van der Waals surface area contributed by atoms with Crippen LogP contribution in [0, 0.1) is 6.92 Å². The van der Waals surface area contributed by atoms with Crippen molar-refractivity contribution in [2.24, 2.45) is 9.98 Å². The number of pyridine rings is 1. The number of rotatable bonds is 2. The van der Waals surface area contributed by atoms with E-state index < -0.39 is 0 Å². The first-order valence-electron chi connectivity index (χ1n) is 7.62. The average Bonchev–Trinajstić information content (AvgIpc) is 3.24. The van der Waals surface area contributed by atoms with Crippen LogP contribution in [0.25, 0.3) is 0 Å². The highest BCUT2D eigenvalue weighted by Gasteiger charge is 2.27. The van der Waals surface area contributed by atoms with Crippen LogP contribution in [0.2, 0.25) is 0 Å². The van der Waals surface area contributed by atoms with E-state index in [1.807, 2.05) is 6.07 Å². The number of hydrogen-bond acceptors (Lipinski definition) is 5. The summed E-state index contributed by atoms with van der Waals surface area (Å²) in [4.78, 5) is 16.4. The first-order valence-corrected chi connectivity index (χ1v) is 9.38. The van der Waals surface area contributed by atoms with Gasteiger partial charge in [-0.3, -0.25) is 9.98 Å². The van der Waals surface area contributed by atoms with Gasteiger partial charge in [-0.2, -0.15) is 0 Å². The standard InChI is InChI=1S/C18H16N4S2/c1-11-7-10-24-16(11)14-12-5-3-8-20-17(12)22-18(19-2)15(21-14)13-6-4-9-23-13/h3-10,15H,1-2H3,(H,19,20,22). The van der Waals surface area contributed by atoms with Gasteiger partial charge in [-0.15, -0.1) is 22.7 Å². The Balaban J connectivity index is 1.97. The second-order valence-corrected chi connectivity index (χ2v) is 7.36. The molecule has 4 heterocycles. The van der Waals surface area contributed by atoms with E-state index in [-0.39, 0.29) is 6.04 Å². The molecule has 3 aromatic heterocycles. The topological polar surface area (TPSA) is 49.6 Å². The van der Waals surface area contributed by atoms with Gasteiger partial charge >= 0.3 is 0 Å². The Morgan fingerprint density at radius 1 is 1.12 bits per heavy atom. The number of nitrogens with one attached hydrogen (secondary N) is 1. The smallest absolute Gasteiger partial charge is 0.142 e. The Kier molecular flexibility index (Phi) is 4.00. The third kappa shape index (κ3) is 2.57. The second kappa shape index (κ2) is 6.30. The lowest BCUT2D eigenvalue weighted by Crippen LogP contribution is -2.19. The van der Waals surface area contributed by atoms with Crippen molar-refractivity contribution in [3.63, 3.8) is 0 Å². The minimum Gasteiger partial charge on any atom is -0.326 e. The van der Waals surface area contributed by atoms with Crippen LogP contribution in [0.1, 0.15) is 26.9 Å². The summed E-state index contributed by atoms with van der Waals surface area (Å²) in [6, 6.07) is 10.2. The summed E-state index contributed by atoms with van der Waals surface area (Å²) in [6.45, 7) is 2.12. The zero-order valence-electron chi connectivity index (χ0n) is 13.4. The van der Waals surface area contributed by atoms with Crippen molar-refractivity contribution in [2.45, 2.75) is 13.0 Å². The number of nitrogens with zero attached hydrogens (tertiary/aromatic N) is 3. The summed E-state index contributed by atoms with van der Waals surface area (Å²) < 4.78 is 0. The highest BCUT2D eigenvalue weighted by molar-refractivity contribution is 7.12. The number of hydrogen-bond donors (Lipinski definition) is 1. The van der Waals surface area contributed by atoms with Crippen LogP contribution in [-0.2, 0) is 0 Å². The number of amidine groups is 1. The molecule has 1 N–H and O–H groups in total. The molecule has 1 unspecified atom stereocenters. The molecule has 0 saturated heterocycles. The maximum Gasteiger partial charge on any atom is 0.142 e. The fourth-order valence-electron chi connectivity index (χ4n) is 2.77. The molecule has 1 aliphatic heterocycles. The highest BCUT2D eigenvalue weighted by Crippen LogP contribution is 2.33. The summed E-state index contributed by atoms with van der Waals surface area (Å²) in [7, 11) is 1.79. The number of thiophene rings is 2. The number of aliphatic imine (C=N–C) groups is 2. The van der Waals surface area contributed by atoms with Gasteiger partial charge in [0.25, 0.3) is 0 Å². The summed E-state index contributed by atoms with van der Waals surface area (Å²) in [6.07, 6.45) is 1.80. The van der Waals surface area contributed by atoms with E-state index in [9.17, 15) is 0 Å². The highest BCUT2D eigenvalue weighted by atomic mass is 32.1. The quantitative estimate of drug-likeness (QED) is 0.736. The third-order valence-electron chi connectivity index (χ3n) is 3.96. The van der Waals surface area contributed by atoms with Crippen molar-refractivity contribution in [3.05, 3.63) is 68.2 Å². The predicted octanol–water partition coefficient (Wildman–Crippen LogP) is 4.55.